The molecule has 0 radical (unpaired) electrons. The second-order valence-corrected chi connectivity index (χ2v) is 8.05. The second kappa shape index (κ2) is 8.63. The zero-order valence-electron chi connectivity index (χ0n) is 18.0. The number of aliphatic hydroxyl groups is 5. The van der Waals surface area contributed by atoms with Crippen LogP contribution in [0.15, 0.2) is 45.6 Å². The summed E-state index contributed by atoms with van der Waals surface area (Å²) in [6, 6.07) is 7.31. The van der Waals surface area contributed by atoms with Crippen molar-refractivity contribution in [2.75, 3.05) is 6.61 Å². The number of fused-ring (bicyclic) bond motifs is 1. The molecule has 4 atom stereocenters. The van der Waals surface area contributed by atoms with Crippen molar-refractivity contribution in [3.05, 3.63) is 46.6 Å². The molecule has 1 fully saturated rings. The van der Waals surface area contributed by atoms with Crippen LogP contribution >= 0.6 is 0 Å². The maximum Gasteiger partial charge on any atom is 0.335 e. The van der Waals surface area contributed by atoms with Gasteiger partial charge in [0.2, 0.25) is 11.5 Å². The van der Waals surface area contributed by atoms with Crippen LogP contribution in [0.25, 0.3) is 22.3 Å². The summed E-state index contributed by atoms with van der Waals surface area (Å²) in [7, 11) is 0. The molecule has 0 saturated carbocycles. The first kappa shape index (κ1) is 25.2. The number of phenolic OH excluding ortho intramolecular Hbond substituents is 3. The summed E-state index contributed by atoms with van der Waals surface area (Å²) in [4.78, 5) is 24.1. The Morgan fingerprint density at radius 3 is 2.25 bits per heavy atom. The van der Waals surface area contributed by atoms with Gasteiger partial charge >= 0.3 is 5.97 Å². The van der Waals surface area contributed by atoms with Gasteiger partial charge in [-0.15, -0.1) is 0 Å². The molecule has 2 aromatic carbocycles. The minimum absolute atomic E-state index is 0.0341. The molecule has 14 nitrogen and oxygen atoms in total. The van der Waals surface area contributed by atoms with E-state index >= 15 is 0 Å². The molecule has 2 heterocycles. The van der Waals surface area contributed by atoms with E-state index in [-0.39, 0.29) is 17.1 Å². The monoisotopic (exact) mass is 508 g/mol. The predicted molar refractivity (Wildman–Crippen MR) is 115 cm³/mol. The van der Waals surface area contributed by atoms with Crippen molar-refractivity contribution in [1.29, 1.82) is 0 Å². The highest BCUT2D eigenvalue weighted by molar-refractivity contribution is 5.89. The molecule has 0 aliphatic carbocycles. The van der Waals surface area contributed by atoms with Gasteiger partial charge in [-0.1, -0.05) is 0 Å². The molecule has 1 saturated heterocycles. The molecule has 36 heavy (non-hydrogen) atoms. The van der Waals surface area contributed by atoms with Crippen LogP contribution in [-0.2, 0) is 9.53 Å². The van der Waals surface area contributed by atoms with Gasteiger partial charge in [0, 0.05) is 17.7 Å². The fourth-order valence-electron chi connectivity index (χ4n) is 3.77. The summed E-state index contributed by atoms with van der Waals surface area (Å²) in [5, 5.41) is 89.5. The third kappa shape index (κ3) is 3.87. The van der Waals surface area contributed by atoms with Crippen LogP contribution < -0.4 is 10.2 Å². The molecule has 9 N–H and O–H groups in total. The summed E-state index contributed by atoms with van der Waals surface area (Å²) >= 11 is 0. The Balaban J connectivity index is 1.86. The van der Waals surface area contributed by atoms with Crippen molar-refractivity contribution >= 4 is 16.9 Å². The van der Waals surface area contributed by atoms with E-state index in [0.29, 0.717) is 5.56 Å². The molecule has 0 unspecified atom stereocenters. The van der Waals surface area contributed by atoms with Gasteiger partial charge in [0.15, 0.2) is 29.1 Å². The average molecular weight is 508 g/mol. The van der Waals surface area contributed by atoms with Gasteiger partial charge in [0.1, 0.15) is 35.2 Å². The van der Waals surface area contributed by atoms with Gasteiger partial charge in [-0.2, -0.15) is 0 Å². The molecule has 4 rings (SSSR count). The van der Waals surface area contributed by atoms with Gasteiger partial charge in [0.05, 0.1) is 0 Å². The number of aliphatic carboxylic acids is 1. The largest absolute Gasteiger partial charge is 0.508 e. The Bertz CT molecular complexity index is 1380. The lowest BCUT2D eigenvalue weighted by molar-refractivity contribution is -0.411. The number of carboxylic acid groups (broad SMARTS) is 1. The van der Waals surface area contributed by atoms with E-state index in [4.69, 9.17) is 13.9 Å². The van der Waals surface area contributed by atoms with Crippen molar-refractivity contribution in [2.24, 2.45) is 0 Å². The number of hydrogen-bond donors (Lipinski definition) is 9. The lowest BCUT2D eigenvalue weighted by atomic mass is 9.89. The summed E-state index contributed by atoms with van der Waals surface area (Å²) in [5.41, 5.74) is -0.852. The zero-order valence-corrected chi connectivity index (χ0v) is 18.0. The van der Waals surface area contributed by atoms with Crippen LogP contribution in [0.2, 0.25) is 0 Å². The summed E-state index contributed by atoms with van der Waals surface area (Å²) in [6.07, 6.45) is -7.73. The molecule has 192 valence electrons. The van der Waals surface area contributed by atoms with Crippen molar-refractivity contribution < 1.29 is 64.6 Å². The molecular formula is C22H20O14. The van der Waals surface area contributed by atoms with Crippen LogP contribution in [0.1, 0.15) is 0 Å². The SMILES string of the molecule is O=C(O)[C@H]1O[C@@](CO)(Oc2cc3oc(-c4ccc(O)cc4)cc(=O)c3c(O)c2O)[C@H](O)C(O)(O)[C@@H]1O. The number of aliphatic hydroxyl groups excluding tert-OH is 3. The average Bonchev–Trinajstić information content (AvgIpc) is 2.83. The van der Waals surface area contributed by atoms with E-state index in [1.165, 1.54) is 24.3 Å². The lowest BCUT2D eigenvalue weighted by Gasteiger charge is -2.49. The third-order valence-corrected chi connectivity index (χ3v) is 5.70. The van der Waals surface area contributed by atoms with Crippen LogP contribution in [-0.4, -0.2) is 88.4 Å². The number of carbonyl (C=O) groups is 1. The van der Waals surface area contributed by atoms with Gasteiger partial charge in [-0.3, -0.25) is 4.79 Å². The predicted octanol–water partition coefficient (Wildman–Crippen LogP) is -1.47. The molecule has 14 heteroatoms. The second-order valence-electron chi connectivity index (χ2n) is 8.05. The first-order chi connectivity index (χ1) is 16.8. The normalized spacial score (nSPS) is 25.5. The Morgan fingerprint density at radius 1 is 1.03 bits per heavy atom. The number of rotatable bonds is 5. The Morgan fingerprint density at radius 2 is 1.67 bits per heavy atom. The molecule has 1 aromatic heterocycles. The third-order valence-electron chi connectivity index (χ3n) is 5.70. The Hall–Kier alpha value is -3.92. The van der Waals surface area contributed by atoms with Crippen molar-refractivity contribution in [2.45, 2.75) is 29.9 Å². The van der Waals surface area contributed by atoms with E-state index in [2.05, 4.69) is 0 Å². The molecule has 1 aliphatic heterocycles. The van der Waals surface area contributed by atoms with E-state index in [9.17, 15) is 55.5 Å². The van der Waals surface area contributed by atoms with E-state index in [0.717, 1.165) is 12.1 Å². The smallest absolute Gasteiger partial charge is 0.335 e. The lowest BCUT2D eigenvalue weighted by Crippen LogP contribution is -2.75. The number of ether oxygens (including phenoxy) is 2. The Kier molecular flexibility index (Phi) is 6.04. The van der Waals surface area contributed by atoms with Gasteiger partial charge in [-0.25, -0.2) is 4.79 Å². The fraction of sp³-hybridized carbons (Fsp3) is 0.273. The van der Waals surface area contributed by atoms with Crippen molar-refractivity contribution in [1.82, 2.24) is 0 Å². The summed E-state index contributed by atoms with van der Waals surface area (Å²) in [6.45, 7) is -1.44. The summed E-state index contributed by atoms with van der Waals surface area (Å²) in [5.74, 6) is -11.6. The quantitative estimate of drug-likeness (QED) is 0.141. The fourth-order valence-corrected chi connectivity index (χ4v) is 3.77. The first-order valence-corrected chi connectivity index (χ1v) is 10.2. The zero-order chi connectivity index (χ0) is 26.6. The minimum atomic E-state index is -3.57. The highest BCUT2D eigenvalue weighted by Crippen LogP contribution is 2.45. The first-order valence-electron chi connectivity index (χ1n) is 10.2. The standard InChI is InChI=1S/C22H20O14/c23-7-21(20(31)22(32,33)18(28)17(36-21)19(29)30)35-13-6-12-14(16(27)15(13)26)10(25)5-11(34-12)8-1-3-9(24)4-2-8/h1-6,17-18,20,23-24,26-28,31-33H,7H2,(H,29,30)/t17-,18+,20-,21+/m0/s1. The Labute approximate surface area is 199 Å². The number of phenols is 3. The van der Waals surface area contributed by atoms with Gasteiger partial charge < -0.3 is 59.8 Å². The van der Waals surface area contributed by atoms with Gasteiger partial charge in [-0.05, 0) is 24.3 Å². The van der Waals surface area contributed by atoms with E-state index in [1.807, 2.05) is 0 Å². The highest BCUT2D eigenvalue weighted by Gasteiger charge is 2.65. The maximum absolute atomic E-state index is 12.6. The van der Waals surface area contributed by atoms with Crippen molar-refractivity contribution in [3.63, 3.8) is 0 Å². The van der Waals surface area contributed by atoms with E-state index < -0.39 is 70.5 Å². The molecule has 3 aromatic rings. The molecule has 0 spiro atoms. The number of hydrogen-bond acceptors (Lipinski definition) is 13. The van der Waals surface area contributed by atoms with Crippen LogP contribution in [0.4, 0.5) is 0 Å². The van der Waals surface area contributed by atoms with Crippen molar-refractivity contribution in [3.8, 4) is 34.3 Å². The van der Waals surface area contributed by atoms with E-state index in [1.54, 1.807) is 0 Å². The topological polar surface area (TPSA) is 248 Å². The number of carboxylic acids is 1. The molecule has 1 aliphatic rings. The molecular weight excluding hydrogens is 488 g/mol. The molecule has 0 amide bonds. The maximum atomic E-state index is 12.6. The minimum Gasteiger partial charge on any atom is -0.508 e. The highest BCUT2D eigenvalue weighted by atomic mass is 16.7. The number of benzene rings is 2. The molecule has 0 bridgehead atoms. The summed E-state index contributed by atoms with van der Waals surface area (Å²) < 4.78 is 15.9. The van der Waals surface area contributed by atoms with Crippen LogP contribution in [0.3, 0.4) is 0 Å². The number of aromatic hydroxyl groups is 3. The van der Waals surface area contributed by atoms with Gasteiger partial charge in [0.25, 0.3) is 5.79 Å². The van der Waals surface area contributed by atoms with Crippen LogP contribution in [0, 0.1) is 0 Å². The van der Waals surface area contributed by atoms with Crippen LogP contribution in [0.5, 0.6) is 23.0 Å².